The Morgan fingerprint density at radius 2 is 1.89 bits per heavy atom. The average molecular weight is 366 g/mol. The molecule has 0 aliphatic carbocycles. The Morgan fingerprint density at radius 1 is 1.11 bits per heavy atom. The summed E-state index contributed by atoms with van der Waals surface area (Å²) >= 11 is 0. The molecule has 3 aromatic rings. The van der Waals surface area contributed by atoms with Gasteiger partial charge < -0.3 is 10.1 Å². The molecule has 0 saturated heterocycles. The minimum absolute atomic E-state index is 0.189. The summed E-state index contributed by atoms with van der Waals surface area (Å²) in [5.41, 5.74) is 2.95. The molecule has 2 atom stereocenters. The number of aryl methyl sites for hydroxylation is 1. The second-order valence-corrected chi connectivity index (χ2v) is 7.17. The maximum absolute atomic E-state index is 12.7. The van der Waals surface area contributed by atoms with Crippen LogP contribution in [0, 0.1) is 6.92 Å². The molecule has 0 aliphatic heterocycles. The maximum atomic E-state index is 12.7. The third-order valence-corrected chi connectivity index (χ3v) is 4.55. The molecule has 142 valence electrons. The molecule has 27 heavy (non-hydrogen) atoms. The first-order valence-corrected chi connectivity index (χ1v) is 9.24. The summed E-state index contributed by atoms with van der Waals surface area (Å²) in [7, 11) is 0. The van der Waals surface area contributed by atoms with Crippen molar-refractivity contribution in [3.8, 4) is 5.75 Å². The second kappa shape index (κ2) is 7.78. The van der Waals surface area contributed by atoms with Gasteiger partial charge in [0, 0.05) is 6.20 Å². The van der Waals surface area contributed by atoms with Gasteiger partial charge in [-0.1, -0.05) is 32.0 Å². The fourth-order valence-electron chi connectivity index (χ4n) is 3.02. The Morgan fingerprint density at radius 3 is 2.63 bits per heavy atom. The molecule has 6 nitrogen and oxygen atoms in total. The van der Waals surface area contributed by atoms with Crippen LogP contribution in [0.2, 0.25) is 0 Å². The van der Waals surface area contributed by atoms with Gasteiger partial charge in [-0.05, 0) is 56.0 Å². The summed E-state index contributed by atoms with van der Waals surface area (Å²) in [5, 5.41) is 11.3. The zero-order valence-electron chi connectivity index (χ0n) is 16.4. The Labute approximate surface area is 159 Å². The number of benzene rings is 1. The zero-order valence-corrected chi connectivity index (χ0v) is 16.4. The molecule has 1 amide bonds. The Hall–Kier alpha value is -2.89. The van der Waals surface area contributed by atoms with Crippen LogP contribution in [0.4, 0.5) is 0 Å². The second-order valence-electron chi connectivity index (χ2n) is 7.17. The highest BCUT2D eigenvalue weighted by atomic mass is 16.5. The van der Waals surface area contributed by atoms with E-state index in [0.29, 0.717) is 11.7 Å². The third kappa shape index (κ3) is 4.10. The van der Waals surface area contributed by atoms with Crippen molar-refractivity contribution >= 4 is 11.6 Å². The van der Waals surface area contributed by atoms with Crippen molar-refractivity contribution in [3.05, 3.63) is 59.5 Å². The van der Waals surface area contributed by atoms with Gasteiger partial charge in [-0.2, -0.15) is 0 Å². The van der Waals surface area contributed by atoms with Crippen molar-refractivity contribution in [1.29, 1.82) is 0 Å². The number of rotatable bonds is 6. The molecule has 2 heterocycles. The highest BCUT2D eigenvalue weighted by Crippen LogP contribution is 2.28. The monoisotopic (exact) mass is 366 g/mol. The molecule has 1 N–H and O–H groups in total. The van der Waals surface area contributed by atoms with Crippen LogP contribution in [0.15, 0.2) is 42.6 Å². The van der Waals surface area contributed by atoms with Gasteiger partial charge in [0.25, 0.3) is 5.91 Å². The van der Waals surface area contributed by atoms with E-state index in [0.717, 1.165) is 22.5 Å². The summed E-state index contributed by atoms with van der Waals surface area (Å²) in [6, 6.07) is 11.5. The van der Waals surface area contributed by atoms with E-state index in [-0.39, 0.29) is 11.9 Å². The Balaban J connectivity index is 1.72. The van der Waals surface area contributed by atoms with Gasteiger partial charge in [0.05, 0.1) is 6.04 Å². The van der Waals surface area contributed by atoms with Crippen LogP contribution in [0.3, 0.4) is 0 Å². The number of nitrogens with one attached hydrogen (secondary N) is 1. The summed E-state index contributed by atoms with van der Waals surface area (Å²) in [6.07, 6.45) is 1.26. The number of pyridine rings is 1. The van der Waals surface area contributed by atoms with E-state index in [4.69, 9.17) is 4.74 Å². The van der Waals surface area contributed by atoms with Crippen molar-refractivity contribution in [2.24, 2.45) is 0 Å². The molecule has 6 heteroatoms. The number of hydrogen-bond donors (Lipinski definition) is 1. The van der Waals surface area contributed by atoms with Crippen LogP contribution in [-0.4, -0.2) is 26.6 Å². The Kier molecular flexibility index (Phi) is 5.44. The lowest BCUT2D eigenvalue weighted by Crippen LogP contribution is -2.38. The number of carbonyl (C=O) groups is 1. The van der Waals surface area contributed by atoms with Gasteiger partial charge in [0.2, 0.25) is 0 Å². The Bertz CT molecular complexity index is 948. The van der Waals surface area contributed by atoms with Crippen LogP contribution in [-0.2, 0) is 4.79 Å². The van der Waals surface area contributed by atoms with E-state index in [1.54, 1.807) is 6.92 Å². The highest BCUT2D eigenvalue weighted by Gasteiger charge is 2.22. The summed E-state index contributed by atoms with van der Waals surface area (Å²) in [5.74, 6) is 1.57. The van der Waals surface area contributed by atoms with Crippen molar-refractivity contribution in [1.82, 2.24) is 19.9 Å². The summed E-state index contributed by atoms with van der Waals surface area (Å²) in [4.78, 5) is 12.7. The van der Waals surface area contributed by atoms with Gasteiger partial charge in [-0.25, -0.2) is 0 Å². The van der Waals surface area contributed by atoms with Crippen LogP contribution in [0.5, 0.6) is 5.75 Å². The minimum Gasteiger partial charge on any atom is -0.481 e. The van der Waals surface area contributed by atoms with Crippen molar-refractivity contribution in [2.75, 3.05) is 0 Å². The number of amides is 1. The molecule has 0 saturated carbocycles. The van der Waals surface area contributed by atoms with E-state index < -0.39 is 6.10 Å². The molecule has 0 fully saturated rings. The molecule has 3 rings (SSSR count). The molecular weight excluding hydrogens is 340 g/mol. The van der Waals surface area contributed by atoms with Gasteiger partial charge in [-0.15, -0.1) is 10.2 Å². The van der Waals surface area contributed by atoms with Crippen LogP contribution in [0.1, 0.15) is 56.6 Å². The SMILES string of the molecule is Cc1ccc(C(C)C)c(OC(C)C(=O)NC(C)c2nnc3ccccn23)c1. The predicted molar refractivity (Wildman–Crippen MR) is 105 cm³/mol. The standard InChI is InChI=1S/C21H26N4O2/c1-13(2)17-10-9-14(3)12-18(17)27-16(5)21(26)22-15(4)20-24-23-19-8-6-7-11-25(19)20/h6-13,15-16H,1-5H3,(H,22,26). The number of aromatic nitrogens is 3. The molecule has 0 aliphatic rings. The third-order valence-electron chi connectivity index (χ3n) is 4.55. The van der Waals surface area contributed by atoms with E-state index in [1.807, 2.05) is 48.7 Å². The first kappa shape index (κ1) is 18.9. The van der Waals surface area contributed by atoms with E-state index >= 15 is 0 Å². The van der Waals surface area contributed by atoms with Crippen molar-refractivity contribution < 1.29 is 9.53 Å². The highest BCUT2D eigenvalue weighted by molar-refractivity contribution is 5.81. The largest absolute Gasteiger partial charge is 0.481 e. The first-order chi connectivity index (χ1) is 12.9. The fraction of sp³-hybridized carbons (Fsp3) is 0.381. The number of fused-ring (bicyclic) bond motifs is 1. The lowest BCUT2D eigenvalue weighted by atomic mass is 10.0. The normalized spacial score (nSPS) is 13.6. The number of nitrogens with zero attached hydrogens (tertiary/aromatic N) is 3. The topological polar surface area (TPSA) is 68.5 Å². The fourth-order valence-corrected chi connectivity index (χ4v) is 3.02. The summed E-state index contributed by atoms with van der Waals surface area (Å²) in [6.45, 7) is 9.89. The first-order valence-electron chi connectivity index (χ1n) is 9.24. The average Bonchev–Trinajstić information content (AvgIpc) is 3.05. The zero-order chi connectivity index (χ0) is 19.6. The number of hydrogen-bond acceptors (Lipinski definition) is 4. The van der Waals surface area contributed by atoms with Crippen molar-refractivity contribution in [3.63, 3.8) is 0 Å². The molecule has 2 unspecified atom stereocenters. The molecular formula is C21H26N4O2. The molecule has 0 radical (unpaired) electrons. The summed E-state index contributed by atoms with van der Waals surface area (Å²) < 4.78 is 7.87. The number of carbonyl (C=O) groups excluding carboxylic acids is 1. The van der Waals surface area contributed by atoms with Gasteiger partial charge >= 0.3 is 0 Å². The van der Waals surface area contributed by atoms with Crippen LogP contribution >= 0.6 is 0 Å². The van der Waals surface area contributed by atoms with Gasteiger partial charge in [0.15, 0.2) is 17.6 Å². The predicted octanol–water partition coefficient (Wildman–Crippen LogP) is 3.81. The minimum atomic E-state index is -0.620. The van der Waals surface area contributed by atoms with Crippen LogP contribution in [0.25, 0.3) is 5.65 Å². The van der Waals surface area contributed by atoms with Crippen molar-refractivity contribution in [2.45, 2.75) is 52.7 Å². The number of ether oxygens (including phenoxy) is 1. The van der Waals surface area contributed by atoms with E-state index in [2.05, 4.69) is 41.5 Å². The molecule has 0 spiro atoms. The maximum Gasteiger partial charge on any atom is 0.261 e. The molecule has 0 bridgehead atoms. The van der Waals surface area contributed by atoms with E-state index in [1.165, 1.54) is 0 Å². The quantitative estimate of drug-likeness (QED) is 0.720. The lowest BCUT2D eigenvalue weighted by molar-refractivity contribution is -0.128. The van der Waals surface area contributed by atoms with Gasteiger partial charge in [0.1, 0.15) is 5.75 Å². The van der Waals surface area contributed by atoms with Gasteiger partial charge in [-0.3, -0.25) is 9.20 Å². The van der Waals surface area contributed by atoms with E-state index in [9.17, 15) is 4.79 Å². The molecule has 2 aromatic heterocycles. The lowest BCUT2D eigenvalue weighted by Gasteiger charge is -2.21. The smallest absolute Gasteiger partial charge is 0.261 e. The van der Waals surface area contributed by atoms with Crippen LogP contribution < -0.4 is 10.1 Å². The molecule has 1 aromatic carbocycles.